The van der Waals surface area contributed by atoms with E-state index in [1.807, 2.05) is 0 Å². The lowest BCUT2D eigenvalue weighted by molar-refractivity contribution is 0.216. The highest BCUT2D eigenvalue weighted by atomic mass is 16.4. The Labute approximate surface area is 97.1 Å². The van der Waals surface area contributed by atoms with Crippen molar-refractivity contribution in [3.05, 3.63) is 0 Å². The molecule has 0 aliphatic heterocycles. The van der Waals surface area contributed by atoms with E-state index in [9.17, 15) is 0 Å². The van der Waals surface area contributed by atoms with Crippen LogP contribution in [0.15, 0.2) is 0 Å². The van der Waals surface area contributed by atoms with Gasteiger partial charge in [-0.05, 0) is 17.2 Å². The third kappa shape index (κ3) is 5.60. The topological polar surface area (TPSA) is 9.23 Å². The predicted octanol–water partition coefficient (Wildman–Crippen LogP) is 4.64. The summed E-state index contributed by atoms with van der Waals surface area (Å²) in [4.78, 5) is 0. The van der Waals surface area contributed by atoms with E-state index < -0.39 is 0 Å². The molecule has 0 aromatic rings. The molecule has 0 aliphatic rings. The number of hydrogen-bond donors (Lipinski definition) is 0. The van der Waals surface area contributed by atoms with Gasteiger partial charge in [0.05, 0.1) is 0 Å². The summed E-state index contributed by atoms with van der Waals surface area (Å²) in [5.74, 6) is 0. The highest BCUT2D eigenvalue weighted by molar-refractivity contribution is 6.53. The molecular weight excluding hydrogens is 183 g/mol. The molecule has 0 N–H and O–H groups in total. The quantitative estimate of drug-likeness (QED) is 0.558. The van der Waals surface area contributed by atoms with E-state index in [1.165, 1.54) is 12.8 Å². The van der Waals surface area contributed by atoms with Crippen molar-refractivity contribution >= 4 is 6.92 Å². The lowest BCUT2D eigenvalue weighted by Gasteiger charge is -2.29. The van der Waals surface area contributed by atoms with Crippen LogP contribution in [0.25, 0.3) is 0 Å². The van der Waals surface area contributed by atoms with Gasteiger partial charge in [-0.2, -0.15) is 0 Å². The maximum absolute atomic E-state index is 5.94. The highest BCUT2D eigenvalue weighted by Gasteiger charge is 2.29. The standard InChI is InChI=1S/C13H29BO/c1-8-12(3,4)10-11-15-14(7)13(5,6)9-2/h8-11H2,1-7H3. The summed E-state index contributed by atoms with van der Waals surface area (Å²) < 4.78 is 5.94. The molecule has 0 saturated carbocycles. The first-order valence-corrected chi connectivity index (χ1v) is 6.37. The molecule has 0 radical (unpaired) electrons. The van der Waals surface area contributed by atoms with Gasteiger partial charge in [-0.1, -0.05) is 61.2 Å². The summed E-state index contributed by atoms with van der Waals surface area (Å²) in [6, 6.07) is 0. The highest BCUT2D eigenvalue weighted by Crippen LogP contribution is 2.33. The van der Waals surface area contributed by atoms with E-state index in [1.54, 1.807) is 0 Å². The van der Waals surface area contributed by atoms with E-state index >= 15 is 0 Å². The lowest BCUT2D eigenvalue weighted by atomic mass is 9.47. The van der Waals surface area contributed by atoms with Gasteiger partial charge in [-0.3, -0.25) is 0 Å². The van der Waals surface area contributed by atoms with Crippen molar-refractivity contribution in [3.63, 3.8) is 0 Å². The van der Waals surface area contributed by atoms with Crippen molar-refractivity contribution in [1.82, 2.24) is 0 Å². The molecule has 0 fully saturated rings. The third-order valence-corrected chi connectivity index (χ3v) is 4.12. The van der Waals surface area contributed by atoms with Crippen LogP contribution in [-0.2, 0) is 4.65 Å². The van der Waals surface area contributed by atoms with Crippen LogP contribution in [0.3, 0.4) is 0 Å². The van der Waals surface area contributed by atoms with Crippen molar-refractivity contribution in [1.29, 1.82) is 0 Å². The second kappa shape index (κ2) is 5.93. The summed E-state index contributed by atoms with van der Waals surface area (Å²) in [6.07, 6.45) is 3.56. The fourth-order valence-corrected chi connectivity index (χ4v) is 1.20. The second-order valence-corrected chi connectivity index (χ2v) is 6.12. The van der Waals surface area contributed by atoms with Gasteiger partial charge in [0.15, 0.2) is 0 Å². The fraction of sp³-hybridized carbons (Fsp3) is 1.00. The van der Waals surface area contributed by atoms with Crippen LogP contribution in [0.4, 0.5) is 0 Å². The van der Waals surface area contributed by atoms with Crippen LogP contribution in [0.2, 0.25) is 12.1 Å². The molecule has 1 nitrogen and oxygen atoms in total. The lowest BCUT2D eigenvalue weighted by Crippen LogP contribution is -2.29. The van der Waals surface area contributed by atoms with E-state index in [0.717, 1.165) is 13.0 Å². The van der Waals surface area contributed by atoms with Gasteiger partial charge in [0.25, 0.3) is 6.92 Å². The third-order valence-electron chi connectivity index (χ3n) is 4.12. The van der Waals surface area contributed by atoms with Crippen LogP contribution < -0.4 is 0 Å². The summed E-state index contributed by atoms with van der Waals surface area (Å²) in [7, 11) is 0. The molecule has 0 rings (SSSR count). The van der Waals surface area contributed by atoms with Crippen molar-refractivity contribution in [2.75, 3.05) is 6.61 Å². The first kappa shape index (κ1) is 15.0. The molecule has 15 heavy (non-hydrogen) atoms. The Morgan fingerprint density at radius 2 is 1.53 bits per heavy atom. The Hall–Kier alpha value is 0.0249. The first-order chi connectivity index (χ1) is 6.75. The molecule has 0 unspecified atom stereocenters. The van der Waals surface area contributed by atoms with Crippen LogP contribution in [0, 0.1) is 5.41 Å². The molecule has 0 aromatic heterocycles. The molecule has 0 amide bonds. The summed E-state index contributed by atoms with van der Waals surface area (Å²) in [5, 5.41) is 0.302. The van der Waals surface area contributed by atoms with Crippen molar-refractivity contribution in [3.8, 4) is 0 Å². The average molecular weight is 212 g/mol. The molecular formula is C13H29BO. The van der Waals surface area contributed by atoms with E-state index in [4.69, 9.17) is 4.65 Å². The summed E-state index contributed by atoms with van der Waals surface area (Å²) >= 11 is 0. The monoisotopic (exact) mass is 212 g/mol. The van der Waals surface area contributed by atoms with Crippen molar-refractivity contribution < 1.29 is 4.65 Å². The van der Waals surface area contributed by atoms with Gasteiger partial charge in [-0.15, -0.1) is 0 Å². The zero-order chi connectivity index (χ0) is 12.1. The Bertz CT molecular complexity index is 175. The zero-order valence-corrected chi connectivity index (χ0v) is 11.8. The molecule has 90 valence electrons. The Morgan fingerprint density at radius 3 is 1.93 bits per heavy atom. The van der Waals surface area contributed by atoms with E-state index in [-0.39, 0.29) is 0 Å². The smallest absolute Gasteiger partial charge is 0.295 e. The normalized spacial score (nSPS) is 13.0. The summed E-state index contributed by atoms with van der Waals surface area (Å²) in [6.45, 7) is 17.1. The molecule has 0 aromatic carbocycles. The molecule has 2 heteroatoms. The van der Waals surface area contributed by atoms with Gasteiger partial charge >= 0.3 is 0 Å². The molecule has 0 aliphatic carbocycles. The summed E-state index contributed by atoms with van der Waals surface area (Å²) in [5.41, 5.74) is 0.427. The Balaban J connectivity index is 3.87. The van der Waals surface area contributed by atoms with E-state index in [2.05, 4.69) is 48.4 Å². The largest absolute Gasteiger partial charge is 0.436 e. The molecule has 0 bridgehead atoms. The molecule has 0 heterocycles. The average Bonchev–Trinajstić information content (AvgIpc) is 2.17. The van der Waals surface area contributed by atoms with Crippen LogP contribution >= 0.6 is 0 Å². The fourth-order valence-electron chi connectivity index (χ4n) is 1.20. The van der Waals surface area contributed by atoms with Crippen LogP contribution in [0.5, 0.6) is 0 Å². The van der Waals surface area contributed by atoms with Crippen molar-refractivity contribution in [2.24, 2.45) is 5.41 Å². The van der Waals surface area contributed by atoms with Gasteiger partial charge in [0.2, 0.25) is 0 Å². The van der Waals surface area contributed by atoms with E-state index in [0.29, 0.717) is 17.6 Å². The molecule has 0 atom stereocenters. The van der Waals surface area contributed by atoms with Gasteiger partial charge in [0.1, 0.15) is 0 Å². The van der Waals surface area contributed by atoms with Gasteiger partial charge in [-0.25, -0.2) is 0 Å². The second-order valence-electron chi connectivity index (χ2n) is 6.12. The maximum Gasteiger partial charge on any atom is 0.295 e. The minimum atomic E-state index is 0.302. The van der Waals surface area contributed by atoms with Crippen molar-refractivity contribution in [2.45, 2.75) is 72.9 Å². The van der Waals surface area contributed by atoms with Crippen LogP contribution in [0.1, 0.15) is 60.8 Å². The minimum absolute atomic E-state index is 0.302. The molecule has 0 spiro atoms. The SMILES string of the molecule is CCC(C)(C)CCOB(C)C(C)(C)CC. The minimum Gasteiger partial charge on any atom is -0.436 e. The van der Waals surface area contributed by atoms with Gasteiger partial charge < -0.3 is 4.65 Å². The Morgan fingerprint density at radius 1 is 1.00 bits per heavy atom. The first-order valence-electron chi connectivity index (χ1n) is 6.37. The molecule has 0 saturated heterocycles. The number of rotatable bonds is 7. The number of hydrogen-bond acceptors (Lipinski definition) is 1. The maximum atomic E-state index is 5.94. The Kier molecular flexibility index (Phi) is 5.94. The predicted molar refractivity (Wildman–Crippen MR) is 70.6 cm³/mol. The van der Waals surface area contributed by atoms with Gasteiger partial charge in [0, 0.05) is 6.61 Å². The van der Waals surface area contributed by atoms with Crippen LogP contribution in [-0.4, -0.2) is 13.5 Å². The zero-order valence-electron chi connectivity index (χ0n) is 11.8.